The third-order valence-corrected chi connectivity index (χ3v) is 5.08. The van der Waals surface area contributed by atoms with Crippen LogP contribution in [0.15, 0.2) is 91.3 Å². The largest absolute Gasteiger partial charge is 0.337 e. The SMILES string of the molecule is O=C(CCNC(=O)Nc1ccccc1)Nc1c(-c2ccc(F)cc2)ncn1Cc1ccccc1. The summed E-state index contributed by atoms with van der Waals surface area (Å²) in [7, 11) is 0. The molecule has 0 bridgehead atoms. The van der Waals surface area contributed by atoms with E-state index in [0.717, 1.165) is 5.56 Å². The van der Waals surface area contributed by atoms with Gasteiger partial charge in [0.1, 0.15) is 17.3 Å². The summed E-state index contributed by atoms with van der Waals surface area (Å²) >= 11 is 0. The molecule has 3 amide bonds. The Morgan fingerprint density at radius 3 is 2.24 bits per heavy atom. The van der Waals surface area contributed by atoms with Gasteiger partial charge >= 0.3 is 6.03 Å². The van der Waals surface area contributed by atoms with Crippen LogP contribution < -0.4 is 16.0 Å². The molecule has 3 N–H and O–H groups in total. The number of nitrogens with zero attached hydrogens (tertiary/aromatic N) is 2. The molecule has 0 aliphatic heterocycles. The van der Waals surface area contributed by atoms with Gasteiger partial charge in [0.2, 0.25) is 5.91 Å². The number of aromatic nitrogens is 2. The van der Waals surface area contributed by atoms with Crippen molar-refractivity contribution in [2.24, 2.45) is 0 Å². The number of amides is 3. The van der Waals surface area contributed by atoms with Crippen LogP contribution in [-0.4, -0.2) is 28.0 Å². The van der Waals surface area contributed by atoms with Crippen molar-refractivity contribution in [3.63, 3.8) is 0 Å². The van der Waals surface area contributed by atoms with Gasteiger partial charge in [0.15, 0.2) is 0 Å². The summed E-state index contributed by atoms with van der Waals surface area (Å²) in [6, 6.07) is 24.4. The molecular formula is C26H24FN5O2. The number of nitrogens with one attached hydrogen (secondary N) is 3. The van der Waals surface area contributed by atoms with Crippen molar-refractivity contribution >= 4 is 23.4 Å². The van der Waals surface area contributed by atoms with Gasteiger partial charge in [-0.05, 0) is 42.0 Å². The number of anilines is 2. The van der Waals surface area contributed by atoms with Crippen molar-refractivity contribution in [1.82, 2.24) is 14.9 Å². The zero-order chi connectivity index (χ0) is 23.8. The quantitative estimate of drug-likeness (QED) is 0.352. The molecule has 4 aromatic rings. The molecular weight excluding hydrogens is 433 g/mol. The number of imidazole rings is 1. The number of hydrogen-bond donors (Lipinski definition) is 3. The first-order valence-corrected chi connectivity index (χ1v) is 10.8. The fourth-order valence-electron chi connectivity index (χ4n) is 3.41. The lowest BCUT2D eigenvalue weighted by Gasteiger charge is -2.13. The number of rotatable bonds is 8. The third kappa shape index (κ3) is 6.07. The van der Waals surface area contributed by atoms with E-state index in [4.69, 9.17) is 0 Å². The minimum atomic E-state index is -0.389. The summed E-state index contributed by atoms with van der Waals surface area (Å²) in [4.78, 5) is 29.2. The molecule has 4 rings (SSSR count). The highest BCUT2D eigenvalue weighted by atomic mass is 19.1. The zero-order valence-electron chi connectivity index (χ0n) is 18.4. The predicted octanol–water partition coefficient (Wildman–Crippen LogP) is 4.89. The second-order valence-electron chi connectivity index (χ2n) is 7.61. The van der Waals surface area contributed by atoms with Gasteiger partial charge < -0.3 is 20.5 Å². The highest BCUT2D eigenvalue weighted by molar-refractivity contribution is 5.94. The minimum Gasteiger partial charge on any atom is -0.337 e. The summed E-state index contributed by atoms with van der Waals surface area (Å²) in [5.41, 5.74) is 2.93. The highest BCUT2D eigenvalue weighted by Gasteiger charge is 2.16. The van der Waals surface area contributed by atoms with E-state index in [2.05, 4.69) is 20.9 Å². The number of para-hydroxylation sites is 1. The fraction of sp³-hybridized carbons (Fsp3) is 0.115. The Hall–Kier alpha value is -4.46. The van der Waals surface area contributed by atoms with E-state index in [-0.39, 0.29) is 30.7 Å². The van der Waals surface area contributed by atoms with Gasteiger partial charge in [0.25, 0.3) is 0 Å². The average molecular weight is 458 g/mol. The molecule has 0 atom stereocenters. The molecule has 8 heteroatoms. The monoisotopic (exact) mass is 457 g/mol. The van der Waals surface area contributed by atoms with Gasteiger partial charge in [-0.2, -0.15) is 0 Å². The Bertz CT molecular complexity index is 1240. The lowest BCUT2D eigenvalue weighted by Crippen LogP contribution is -2.31. The van der Waals surface area contributed by atoms with Crippen molar-refractivity contribution in [3.8, 4) is 11.3 Å². The van der Waals surface area contributed by atoms with Gasteiger partial charge in [-0.15, -0.1) is 0 Å². The van der Waals surface area contributed by atoms with Gasteiger partial charge in [0.05, 0.1) is 12.9 Å². The molecule has 0 aliphatic carbocycles. The number of halogens is 1. The first-order valence-electron chi connectivity index (χ1n) is 10.8. The number of carbonyl (C=O) groups is 2. The molecule has 0 radical (unpaired) electrons. The van der Waals surface area contributed by atoms with Crippen molar-refractivity contribution < 1.29 is 14.0 Å². The highest BCUT2D eigenvalue weighted by Crippen LogP contribution is 2.28. The molecule has 0 aliphatic rings. The number of hydrogen-bond acceptors (Lipinski definition) is 3. The summed E-state index contributed by atoms with van der Waals surface area (Å²) in [5.74, 6) is -0.120. The Morgan fingerprint density at radius 1 is 0.853 bits per heavy atom. The van der Waals surface area contributed by atoms with Crippen LogP contribution in [0.5, 0.6) is 0 Å². The van der Waals surface area contributed by atoms with E-state index in [1.807, 2.05) is 53.1 Å². The average Bonchev–Trinajstić information content (AvgIpc) is 3.22. The van der Waals surface area contributed by atoms with E-state index in [9.17, 15) is 14.0 Å². The van der Waals surface area contributed by atoms with Crippen LogP contribution in [-0.2, 0) is 11.3 Å². The Morgan fingerprint density at radius 2 is 1.53 bits per heavy atom. The minimum absolute atomic E-state index is 0.0710. The Kier molecular flexibility index (Phi) is 7.29. The van der Waals surface area contributed by atoms with Crippen LogP contribution in [0.1, 0.15) is 12.0 Å². The van der Waals surface area contributed by atoms with E-state index in [0.29, 0.717) is 29.3 Å². The van der Waals surface area contributed by atoms with Crippen molar-refractivity contribution in [1.29, 1.82) is 0 Å². The maximum absolute atomic E-state index is 13.4. The number of urea groups is 1. The maximum Gasteiger partial charge on any atom is 0.319 e. The van der Waals surface area contributed by atoms with Crippen LogP contribution in [0.3, 0.4) is 0 Å². The maximum atomic E-state index is 13.4. The van der Waals surface area contributed by atoms with Gasteiger partial charge in [-0.1, -0.05) is 48.5 Å². The van der Waals surface area contributed by atoms with E-state index >= 15 is 0 Å². The molecule has 0 unspecified atom stereocenters. The standard InChI is InChI=1S/C26H24FN5O2/c27-21-13-11-20(12-14-21)24-25(32(18-29-24)17-19-7-3-1-4-8-19)31-23(33)15-16-28-26(34)30-22-9-5-2-6-10-22/h1-14,18H,15-17H2,(H,31,33)(H2,28,30,34). The summed E-state index contributed by atoms with van der Waals surface area (Å²) in [5, 5.41) is 8.29. The number of benzene rings is 3. The van der Waals surface area contributed by atoms with Crippen LogP contribution in [0.25, 0.3) is 11.3 Å². The molecule has 7 nitrogen and oxygen atoms in total. The first-order chi connectivity index (χ1) is 16.6. The van der Waals surface area contributed by atoms with Crippen LogP contribution in [0, 0.1) is 5.82 Å². The second kappa shape index (κ2) is 10.9. The zero-order valence-corrected chi connectivity index (χ0v) is 18.4. The summed E-state index contributed by atoms with van der Waals surface area (Å²) in [6.45, 7) is 0.658. The molecule has 0 saturated carbocycles. The van der Waals surface area contributed by atoms with Crippen molar-refractivity contribution in [2.75, 3.05) is 17.2 Å². The van der Waals surface area contributed by atoms with E-state index in [1.54, 1.807) is 30.6 Å². The summed E-state index contributed by atoms with van der Waals surface area (Å²) < 4.78 is 15.2. The topological polar surface area (TPSA) is 88.1 Å². The molecule has 34 heavy (non-hydrogen) atoms. The molecule has 0 fully saturated rings. The van der Waals surface area contributed by atoms with E-state index < -0.39 is 0 Å². The lowest BCUT2D eigenvalue weighted by molar-refractivity contribution is -0.116. The lowest BCUT2D eigenvalue weighted by atomic mass is 10.1. The second-order valence-corrected chi connectivity index (χ2v) is 7.61. The Balaban J connectivity index is 1.43. The van der Waals surface area contributed by atoms with Crippen LogP contribution in [0.4, 0.5) is 20.7 Å². The molecule has 0 spiro atoms. The molecule has 0 saturated heterocycles. The molecule has 1 heterocycles. The molecule has 3 aromatic carbocycles. The normalized spacial score (nSPS) is 10.5. The van der Waals surface area contributed by atoms with Crippen molar-refractivity contribution in [2.45, 2.75) is 13.0 Å². The smallest absolute Gasteiger partial charge is 0.319 e. The molecule has 1 aromatic heterocycles. The van der Waals surface area contributed by atoms with Crippen molar-refractivity contribution in [3.05, 3.63) is 103 Å². The summed E-state index contributed by atoms with van der Waals surface area (Å²) in [6.07, 6.45) is 1.72. The molecule has 172 valence electrons. The van der Waals surface area contributed by atoms with Crippen LogP contribution in [0.2, 0.25) is 0 Å². The fourth-order valence-corrected chi connectivity index (χ4v) is 3.41. The van der Waals surface area contributed by atoms with Gasteiger partial charge in [0, 0.05) is 24.2 Å². The Labute approximate surface area is 196 Å². The van der Waals surface area contributed by atoms with E-state index in [1.165, 1.54) is 12.1 Å². The number of carbonyl (C=O) groups excluding carboxylic acids is 2. The van der Waals surface area contributed by atoms with Crippen LogP contribution >= 0.6 is 0 Å². The first kappa shape index (κ1) is 22.7. The van der Waals surface area contributed by atoms with Gasteiger partial charge in [-0.3, -0.25) is 4.79 Å². The predicted molar refractivity (Wildman–Crippen MR) is 130 cm³/mol. The van der Waals surface area contributed by atoms with Gasteiger partial charge in [-0.25, -0.2) is 14.2 Å². The third-order valence-electron chi connectivity index (χ3n) is 5.08.